The lowest BCUT2D eigenvalue weighted by Crippen LogP contribution is -2.59. The van der Waals surface area contributed by atoms with E-state index in [0.29, 0.717) is 0 Å². The number of halogens is 6. The van der Waals surface area contributed by atoms with E-state index in [4.69, 9.17) is 5.11 Å². The SMILES string of the molecule is CCC(C)CC(OCCO)(C(F)(F)F)C(F)(F)F. The van der Waals surface area contributed by atoms with Crippen molar-refractivity contribution in [3.05, 3.63) is 0 Å². The van der Waals surface area contributed by atoms with Crippen LogP contribution in [0.4, 0.5) is 26.3 Å². The van der Waals surface area contributed by atoms with Crippen molar-refractivity contribution in [3.8, 4) is 0 Å². The van der Waals surface area contributed by atoms with Gasteiger partial charge < -0.3 is 9.84 Å². The van der Waals surface area contributed by atoms with Crippen molar-refractivity contribution in [1.29, 1.82) is 0 Å². The van der Waals surface area contributed by atoms with Crippen molar-refractivity contribution in [3.63, 3.8) is 0 Å². The molecule has 2 nitrogen and oxygen atoms in total. The van der Waals surface area contributed by atoms with Crippen LogP contribution in [0.2, 0.25) is 0 Å². The van der Waals surface area contributed by atoms with Crippen LogP contribution in [0.5, 0.6) is 0 Å². The van der Waals surface area contributed by atoms with Gasteiger partial charge in [-0.25, -0.2) is 0 Å². The minimum absolute atomic E-state index is 0.163. The van der Waals surface area contributed by atoms with Gasteiger partial charge in [0, 0.05) is 0 Å². The highest BCUT2D eigenvalue weighted by atomic mass is 19.4. The summed E-state index contributed by atoms with van der Waals surface area (Å²) in [6, 6.07) is 0. The molecule has 1 atom stereocenters. The smallest absolute Gasteiger partial charge is 0.394 e. The standard InChI is InChI=1S/C10H16F6O2/c1-3-7(2)6-8(9(11,12)13,10(14,15)16)18-5-4-17/h7,17H,3-6H2,1-2H3. The maximum Gasteiger partial charge on any atom is 0.426 e. The van der Waals surface area contributed by atoms with Gasteiger partial charge in [0.15, 0.2) is 0 Å². The summed E-state index contributed by atoms with van der Waals surface area (Å²) in [7, 11) is 0. The first kappa shape index (κ1) is 17.5. The Balaban J connectivity index is 5.42. The van der Waals surface area contributed by atoms with E-state index in [2.05, 4.69) is 4.74 Å². The molecule has 0 rings (SSSR count). The Morgan fingerprint density at radius 2 is 1.50 bits per heavy atom. The lowest BCUT2D eigenvalue weighted by atomic mass is 9.88. The van der Waals surface area contributed by atoms with Crippen molar-refractivity contribution in [2.45, 2.75) is 44.6 Å². The molecule has 18 heavy (non-hydrogen) atoms. The Morgan fingerprint density at radius 3 is 1.78 bits per heavy atom. The third-order valence-electron chi connectivity index (χ3n) is 2.69. The normalized spacial score (nSPS) is 15.8. The second-order valence-corrected chi connectivity index (χ2v) is 4.11. The Hall–Kier alpha value is -0.500. The van der Waals surface area contributed by atoms with Gasteiger partial charge in [-0.2, -0.15) is 26.3 Å². The molecular formula is C10H16F6O2. The van der Waals surface area contributed by atoms with Crippen LogP contribution in [0, 0.1) is 5.92 Å². The molecule has 0 aliphatic heterocycles. The lowest BCUT2D eigenvalue weighted by molar-refractivity contribution is -0.386. The highest BCUT2D eigenvalue weighted by Gasteiger charge is 2.72. The summed E-state index contributed by atoms with van der Waals surface area (Å²) in [5, 5.41) is 8.39. The number of aliphatic hydroxyl groups is 1. The second-order valence-electron chi connectivity index (χ2n) is 4.11. The minimum atomic E-state index is -5.58. The molecule has 0 aromatic heterocycles. The summed E-state index contributed by atoms with van der Waals surface area (Å²) in [6.07, 6.45) is -12.2. The predicted octanol–water partition coefficient (Wildman–Crippen LogP) is 3.29. The third-order valence-corrected chi connectivity index (χ3v) is 2.69. The maximum absolute atomic E-state index is 12.8. The number of hydrogen-bond donors (Lipinski definition) is 1. The van der Waals surface area contributed by atoms with E-state index in [-0.39, 0.29) is 6.42 Å². The fraction of sp³-hybridized carbons (Fsp3) is 1.00. The number of ether oxygens (including phenoxy) is 1. The van der Waals surface area contributed by atoms with Crippen molar-refractivity contribution >= 4 is 0 Å². The third kappa shape index (κ3) is 3.74. The molecule has 0 saturated carbocycles. The van der Waals surface area contributed by atoms with E-state index in [9.17, 15) is 26.3 Å². The summed E-state index contributed by atoms with van der Waals surface area (Å²) < 4.78 is 80.6. The predicted molar refractivity (Wildman–Crippen MR) is 52.0 cm³/mol. The Kier molecular flexibility index (Phi) is 5.93. The summed E-state index contributed by atoms with van der Waals surface area (Å²) in [6.45, 7) is 0.854. The van der Waals surface area contributed by atoms with Crippen LogP contribution in [0.15, 0.2) is 0 Å². The summed E-state index contributed by atoms with van der Waals surface area (Å²) in [5.41, 5.74) is -4.21. The van der Waals surface area contributed by atoms with Crippen LogP contribution in [-0.2, 0) is 4.74 Å². The molecule has 1 unspecified atom stereocenters. The second kappa shape index (κ2) is 6.10. The van der Waals surface area contributed by atoms with Crippen molar-refractivity contribution in [1.82, 2.24) is 0 Å². The maximum atomic E-state index is 12.8. The highest BCUT2D eigenvalue weighted by Crippen LogP contribution is 2.49. The van der Waals surface area contributed by atoms with Crippen molar-refractivity contribution in [2.75, 3.05) is 13.2 Å². The molecule has 0 heterocycles. The van der Waals surface area contributed by atoms with E-state index < -0.39 is 43.5 Å². The zero-order chi connectivity index (χ0) is 14.6. The molecule has 1 N–H and O–H groups in total. The molecule has 0 spiro atoms. The average molecular weight is 282 g/mol. The van der Waals surface area contributed by atoms with Gasteiger partial charge in [0.1, 0.15) is 0 Å². The summed E-state index contributed by atoms with van der Waals surface area (Å²) in [4.78, 5) is 0. The van der Waals surface area contributed by atoms with Crippen LogP contribution < -0.4 is 0 Å². The first-order valence-corrected chi connectivity index (χ1v) is 5.40. The average Bonchev–Trinajstić information content (AvgIpc) is 2.20. The Labute approximate surface area is 101 Å². The quantitative estimate of drug-likeness (QED) is 0.757. The van der Waals surface area contributed by atoms with E-state index in [1.165, 1.54) is 13.8 Å². The highest BCUT2D eigenvalue weighted by molar-refractivity contribution is 4.97. The van der Waals surface area contributed by atoms with Gasteiger partial charge in [0.2, 0.25) is 0 Å². The van der Waals surface area contributed by atoms with Gasteiger partial charge in [-0.15, -0.1) is 0 Å². The summed E-state index contributed by atoms with van der Waals surface area (Å²) in [5.74, 6) is -0.813. The molecule has 110 valence electrons. The Bertz CT molecular complexity index is 234. The molecule has 8 heteroatoms. The fourth-order valence-electron chi connectivity index (χ4n) is 1.47. The minimum Gasteiger partial charge on any atom is -0.394 e. The van der Waals surface area contributed by atoms with E-state index in [1.807, 2.05) is 0 Å². The molecular weight excluding hydrogens is 266 g/mol. The molecule has 0 aliphatic carbocycles. The first-order valence-electron chi connectivity index (χ1n) is 5.40. The van der Waals surface area contributed by atoms with Gasteiger partial charge in [0.25, 0.3) is 5.60 Å². The zero-order valence-electron chi connectivity index (χ0n) is 10.0. The molecule has 0 aromatic rings. The molecule has 0 aliphatic rings. The summed E-state index contributed by atoms with van der Waals surface area (Å²) >= 11 is 0. The molecule has 0 radical (unpaired) electrons. The molecule has 0 fully saturated rings. The zero-order valence-corrected chi connectivity index (χ0v) is 10.0. The van der Waals surface area contributed by atoms with Gasteiger partial charge in [0.05, 0.1) is 13.2 Å². The largest absolute Gasteiger partial charge is 0.426 e. The van der Waals surface area contributed by atoms with Crippen LogP contribution in [0.1, 0.15) is 26.7 Å². The number of rotatable bonds is 6. The van der Waals surface area contributed by atoms with Crippen molar-refractivity contribution < 1.29 is 36.2 Å². The van der Waals surface area contributed by atoms with Gasteiger partial charge in [-0.1, -0.05) is 20.3 Å². The van der Waals surface area contributed by atoms with Crippen molar-refractivity contribution in [2.24, 2.45) is 5.92 Å². The van der Waals surface area contributed by atoms with Gasteiger partial charge >= 0.3 is 12.4 Å². The monoisotopic (exact) mass is 282 g/mol. The molecule has 0 aromatic carbocycles. The van der Waals surface area contributed by atoms with Gasteiger partial charge in [-0.05, 0) is 12.3 Å². The lowest BCUT2D eigenvalue weighted by Gasteiger charge is -2.38. The number of hydrogen-bond acceptors (Lipinski definition) is 2. The van der Waals surface area contributed by atoms with Crippen LogP contribution in [0.25, 0.3) is 0 Å². The van der Waals surface area contributed by atoms with E-state index in [1.54, 1.807) is 0 Å². The topological polar surface area (TPSA) is 29.5 Å². The Morgan fingerprint density at radius 1 is 1.06 bits per heavy atom. The van der Waals surface area contributed by atoms with Gasteiger partial charge in [-0.3, -0.25) is 0 Å². The van der Waals surface area contributed by atoms with E-state index >= 15 is 0 Å². The fourth-order valence-corrected chi connectivity index (χ4v) is 1.47. The molecule has 0 amide bonds. The molecule has 0 bridgehead atoms. The van der Waals surface area contributed by atoms with Crippen LogP contribution >= 0.6 is 0 Å². The number of alkyl halides is 6. The first-order chi connectivity index (χ1) is 8.02. The van der Waals surface area contributed by atoms with Crippen LogP contribution in [-0.4, -0.2) is 36.3 Å². The van der Waals surface area contributed by atoms with Crippen LogP contribution in [0.3, 0.4) is 0 Å². The molecule has 0 saturated heterocycles. The van der Waals surface area contributed by atoms with E-state index in [0.717, 1.165) is 0 Å². The number of aliphatic hydroxyl groups excluding tert-OH is 1.